The smallest absolute Gasteiger partial charge is 0.147 e. The van der Waals surface area contributed by atoms with Crippen LogP contribution in [-0.4, -0.2) is 16.9 Å². The van der Waals surface area contributed by atoms with E-state index in [1.165, 1.54) is 6.07 Å². The van der Waals surface area contributed by atoms with Gasteiger partial charge in [0.1, 0.15) is 17.4 Å². The molecule has 0 aliphatic carbocycles. The molecule has 0 atom stereocenters. The van der Waals surface area contributed by atoms with E-state index in [1.807, 2.05) is 26.1 Å². The predicted molar refractivity (Wildman–Crippen MR) is 106 cm³/mol. The number of methoxy groups -OCH3 is 1. The molecule has 0 saturated carbocycles. The zero-order valence-electron chi connectivity index (χ0n) is 14.6. The van der Waals surface area contributed by atoms with Crippen LogP contribution in [0.2, 0.25) is 5.02 Å². The lowest BCUT2D eigenvalue weighted by Crippen LogP contribution is -2.04. The molecule has 4 nitrogen and oxygen atoms in total. The summed E-state index contributed by atoms with van der Waals surface area (Å²) < 4.78 is 21.8. The third kappa shape index (κ3) is 3.71. The molecule has 136 valence electrons. The molecule has 0 saturated heterocycles. The minimum Gasteiger partial charge on any atom is -0.497 e. The maximum Gasteiger partial charge on any atom is 0.147 e. The Labute approximate surface area is 165 Å². The minimum atomic E-state index is -0.341. The third-order valence-electron chi connectivity index (χ3n) is 4.18. The quantitative estimate of drug-likeness (QED) is 0.561. The van der Waals surface area contributed by atoms with Gasteiger partial charge in [-0.2, -0.15) is 5.10 Å². The average Bonchev–Trinajstić information content (AvgIpc) is 2.86. The fourth-order valence-electron chi connectivity index (χ4n) is 2.79. The van der Waals surface area contributed by atoms with Crippen LogP contribution in [0.3, 0.4) is 0 Å². The standard InChI is InChI=1S/C19H18BrClFN3O/c1-11-14(9-12-7-8-13(26-3)10-16(12)21)19(25(2)24-11)23-18-15(20)5-4-6-17(18)22/h4-8,10,23H,9H2,1-3H3. The normalized spacial score (nSPS) is 10.8. The Kier molecular flexibility index (Phi) is 5.53. The van der Waals surface area contributed by atoms with E-state index >= 15 is 0 Å². The molecule has 1 N–H and O–H groups in total. The summed E-state index contributed by atoms with van der Waals surface area (Å²) in [6, 6.07) is 10.4. The number of para-hydroxylation sites is 1. The molecule has 2 aromatic carbocycles. The number of aryl methyl sites for hydroxylation is 2. The molecule has 0 spiro atoms. The Bertz CT molecular complexity index is 938. The number of nitrogens with one attached hydrogen (secondary N) is 1. The van der Waals surface area contributed by atoms with Crippen molar-refractivity contribution in [1.29, 1.82) is 0 Å². The highest BCUT2D eigenvalue weighted by Crippen LogP contribution is 2.33. The summed E-state index contributed by atoms with van der Waals surface area (Å²) in [5.41, 5.74) is 3.13. The number of nitrogens with zero attached hydrogens (tertiary/aromatic N) is 2. The Hall–Kier alpha value is -2.05. The maximum absolute atomic E-state index is 14.2. The van der Waals surface area contributed by atoms with E-state index in [1.54, 1.807) is 30.0 Å². The summed E-state index contributed by atoms with van der Waals surface area (Å²) in [7, 11) is 3.42. The van der Waals surface area contributed by atoms with Gasteiger partial charge in [0.2, 0.25) is 0 Å². The van der Waals surface area contributed by atoms with E-state index in [0.29, 0.717) is 27.4 Å². The first kappa shape index (κ1) is 18.7. The molecule has 26 heavy (non-hydrogen) atoms. The lowest BCUT2D eigenvalue weighted by atomic mass is 10.0. The van der Waals surface area contributed by atoms with Crippen molar-refractivity contribution < 1.29 is 9.13 Å². The van der Waals surface area contributed by atoms with Gasteiger partial charge in [0.25, 0.3) is 0 Å². The summed E-state index contributed by atoms with van der Waals surface area (Å²) in [4.78, 5) is 0. The topological polar surface area (TPSA) is 39.1 Å². The van der Waals surface area contributed by atoms with Crippen molar-refractivity contribution in [2.45, 2.75) is 13.3 Å². The average molecular weight is 439 g/mol. The first-order valence-corrected chi connectivity index (χ1v) is 9.13. The van der Waals surface area contributed by atoms with E-state index in [9.17, 15) is 4.39 Å². The molecule has 0 amide bonds. The Morgan fingerprint density at radius 2 is 2.08 bits per heavy atom. The summed E-state index contributed by atoms with van der Waals surface area (Å²) in [6.45, 7) is 1.92. The van der Waals surface area contributed by atoms with Gasteiger partial charge in [-0.15, -0.1) is 0 Å². The van der Waals surface area contributed by atoms with Crippen molar-refractivity contribution >= 4 is 39.0 Å². The second kappa shape index (κ2) is 7.68. The number of halogens is 3. The highest BCUT2D eigenvalue weighted by atomic mass is 79.9. The minimum absolute atomic E-state index is 0.341. The number of aromatic nitrogens is 2. The lowest BCUT2D eigenvalue weighted by molar-refractivity contribution is 0.414. The Balaban J connectivity index is 1.99. The van der Waals surface area contributed by atoms with Crippen LogP contribution in [-0.2, 0) is 13.5 Å². The van der Waals surface area contributed by atoms with E-state index in [4.69, 9.17) is 16.3 Å². The van der Waals surface area contributed by atoms with Gasteiger partial charge in [0.05, 0.1) is 18.5 Å². The van der Waals surface area contributed by atoms with E-state index < -0.39 is 0 Å². The molecule has 0 fully saturated rings. The molecular weight excluding hydrogens is 421 g/mol. The Morgan fingerprint density at radius 1 is 1.31 bits per heavy atom. The van der Waals surface area contributed by atoms with Crippen LogP contribution in [0.5, 0.6) is 5.75 Å². The molecule has 0 aliphatic heterocycles. The first-order chi connectivity index (χ1) is 12.4. The van der Waals surface area contributed by atoms with Gasteiger partial charge in [0.15, 0.2) is 0 Å². The number of rotatable bonds is 5. The molecule has 3 aromatic rings. The van der Waals surface area contributed by atoms with Crippen molar-refractivity contribution in [2.75, 3.05) is 12.4 Å². The van der Waals surface area contributed by atoms with E-state index in [2.05, 4.69) is 26.3 Å². The van der Waals surface area contributed by atoms with Gasteiger partial charge in [-0.3, -0.25) is 4.68 Å². The predicted octanol–water partition coefficient (Wildman–Crippen LogP) is 5.63. The number of hydrogen-bond donors (Lipinski definition) is 1. The second-order valence-electron chi connectivity index (χ2n) is 5.89. The largest absolute Gasteiger partial charge is 0.497 e. The third-order valence-corrected chi connectivity index (χ3v) is 5.19. The van der Waals surface area contributed by atoms with E-state index in [-0.39, 0.29) is 5.82 Å². The van der Waals surface area contributed by atoms with Crippen LogP contribution in [0.25, 0.3) is 0 Å². The highest BCUT2D eigenvalue weighted by molar-refractivity contribution is 9.10. The molecule has 0 radical (unpaired) electrons. The maximum atomic E-state index is 14.2. The molecule has 0 bridgehead atoms. The summed E-state index contributed by atoms with van der Waals surface area (Å²) in [5, 5.41) is 8.26. The summed E-state index contributed by atoms with van der Waals surface area (Å²) in [5.74, 6) is 1.09. The van der Waals surface area contributed by atoms with Crippen molar-refractivity contribution in [2.24, 2.45) is 7.05 Å². The molecule has 7 heteroatoms. The van der Waals surface area contributed by atoms with Crippen molar-refractivity contribution in [3.63, 3.8) is 0 Å². The molecule has 1 aromatic heterocycles. The van der Waals surface area contributed by atoms with Crippen LogP contribution in [0.1, 0.15) is 16.8 Å². The van der Waals surface area contributed by atoms with Gasteiger partial charge in [0, 0.05) is 28.5 Å². The number of anilines is 2. The van der Waals surface area contributed by atoms with Crippen molar-refractivity contribution in [3.05, 3.63) is 68.5 Å². The lowest BCUT2D eigenvalue weighted by Gasteiger charge is -2.13. The Morgan fingerprint density at radius 3 is 2.73 bits per heavy atom. The number of benzene rings is 2. The summed E-state index contributed by atoms with van der Waals surface area (Å²) in [6.07, 6.45) is 0.566. The van der Waals surface area contributed by atoms with Crippen LogP contribution in [0.4, 0.5) is 15.9 Å². The van der Waals surface area contributed by atoms with Gasteiger partial charge in [-0.05, 0) is 52.7 Å². The highest BCUT2D eigenvalue weighted by Gasteiger charge is 2.18. The fraction of sp³-hybridized carbons (Fsp3) is 0.211. The van der Waals surface area contributed by atoms with Crippen LogP contribution in [0.15, 0.2) is 40.9 Å². The second-order valence-corrected chi connectivity index (χ2v) is 7.15. The van der Waals surface area contributed by atoms with Crippen molar-refractivity contribution in [3.8, 4) is 5.75 Å². The number of ether oxygens (including phenoxy) is 1. The van der Waals surface area contributed by atoms with Gasteiger partial charge >= 0.3 is 0 Å². The van der Waals surface area contributed by atoms with E-state index in [0.717, 1.165) is 22.6 Å². The summed E-state index contributed by atoms with van der Waals surface area (Å²) >= 11 is 9.77. The van der Waals surface area contributed by atoms with Gasteiger partial charge in [-0.25, -0.2) is 4.39 Å². The van der Waals surface area contributed by atoms with Crippen LogP contribution >= 0.6 is 27.5 Å². The monoisotopic (exact) mass is 437 g/mol. The molecule has 1 heterocycles. The van der Waals surface area contributed by atoms with Crippen LogP contribution in [0, 0.1) is 12.7 Å². The number of hydrogen-bond acceptors (Lipinski definition) is 3. The fourth-order valence-corrected chi connectivity index (χ4v) is 3.47. The molecule has 0 aliphatic rings. The molecule has 0 unspecified atom stereocenters. The van der Waals surface area contributed by atoms with Gasteiger partial charge < -0.3 is 10.1 Å². The first-order valence-electron chi connectivity index (χ1n) is 7.96. The zero-order valence-corrected chi connectivity index (χ0v) is 16.9. The zero-order chi connectivity index (χ0) is 18.8. The molecular formula is C19H18BrClFN3O. The molecule has 3 rings (SSSR count). The van der Waals surface area contributed by atoms with Crippen LogP contribution < -0.4 is 10.1 Å². The van der Waals surface area contributed by atoms with Gasteiger partial charge in [-0.1, -0.05) is 23.7 Å². The van der Waals surface area contributed by atoms with Crippen molar-refractivity contribution in [1.82, 2.24) is 9.78 Å². The SMILES string of the molecule is COc1ccc(Cc2c(C)nn(C)c2Nc2c(F)cccc2Br)c(Cl)c1.